The number of hydrogen-bond donors (Lipinski definition) is 3. The Morgan fingerprint density at radius 3 is 2.60 bits per heavy atom. The number of aliphatic hydroxyl groups is 2. The number of rotatable bonds is 4. The second-order valence-corrected chi connectivity index (χ2v) is 4.55. The van der Waals surface area contributed by atoms with Gasteiger partial charge in [0.1, 0.15) is 6.10 Å². The van der Waals surface area contributed by atoms with E-state index in [1.54, 1.807) is 18.2 Å². The summed E-state index contributed by atoms with van der Waals surface area (Å²) in [5, 5.41) is 20.0. The van der Waals surface area contributed by atoms with Crippen molar-refractivity contribution in [3.63, 3.8) is 0 Å². The van der Waals surface area contributed by atoms with Crippen molar-refractivity contribution >= 4 is 27.5 Å². The van der Waals surface area contributed by atoms with Crippen LogP contribution < -0.4 is 5.73 Å². The molecule has 0 spiro atoms. The SMILES string of the molecule is NCCC(O)C(O)c1ccc(Cl)cc1Br. The van der Waals surface area contributed by atoms with Gasteiger partial charge in [-0.15, -0.1) is 0 Å². The molecule has 1 aromatic rings. The van der Waals surface area contributed by atoms with Crippen molar-refractivity contribution in [2.45, 2.75) is 18.6 Å². The van der Waals surface area contributed by atoms with Gasteiger partial charge in [0, 0.05) is 9.50 Å². The van der Waals surface area contributed by atoms with Crippen LogP contribution >= 0.6 is 27.5 Å². The summed E-state index contributed by atoms with van der Waals surface area (Å²) >= 11 is 9.05. The quantitative estimate of drug-likeness (QED) is 0.794. The molecule has 5 heteroatoms. The van der Waals surface area contributed by atoms with Gasteiger partial charge in [-0.05, 0) is 30.7 Å². The van der Waals surface area contributed by atoms with Gasteiger partial charge in [-0.3, -0.25) is 0 Å². The van der Waals surface area contributed by atoms with Gasteiger partial charge in [-0.2, -0.15) is 0 Å². The molecular formula is C10H13BrClNO2. The van der Waals surface area contributed by atoms with E-state index in [1.165, 1.54) is 0 Å². The van der Waals surface area contributed by atoms with E-state index in [9.17, 15) is 10.2 Å². The molecule has 0 aliphatic carbocycles. The lowest BCUT2D eigenvalue weighted by atomic mass is 10.0. The van der Waals surface area contributed by atoms with Gasteiger partial charge < -0.3 is 15.9 Å². The maximum atomic E-state index is 9.81. The maximum Gasteiger partial charge on any atom is 0.106 e. The Morgan fingerprint density at radius 2 is 2.07 bits per heavy atom. The van der Waals surface area contributed by atoms with Crippen LogP contribution in [0.25, 0.3) is 0 Å². The summed E-state index contributed by atoms with van der Waals surface area (Å²) in [6.45, 7) is 0.337. The lowest BCUT2D eigenvalue weighted by Crippen LogP contribution is -2.22. The molecule has 0 aromatic heterocycles. The van der Waals surface area contributed by atoms with Crippen molar-refractivity contribution in [3.05, 3.63) is 33.3 Å². The molecule has 0 bridgehead atoms. The smallest absolute Gasteiger partial charge is 0.106 e. The Labute approximate surface area is 102 Å². The Kier molecular flexibility index (Phi) is 5.02. The fourth-order valence-electron chi connectivity index (χ4n) is 1.28. The van der Waals surface area contributed by atoms with Gasteiger partial charge in [0.25, 0.3) is 0 Å². The standard InChI is InChI=1S/C10H13BrClNO2/c11-8-5-6(12)1-2-7(8)10(15)9(14)3-4-13/h1-2,5,9-10,14-15H,3-4,13H2. The van der Waals surface area contributed by atoms with Crippen molar-refractivity contribution in [3.8, 4) is 0 Å². The normalized spacial score (nSPS) is 15.0. The van der Waals surface area contributed by atoms with Crippen molar-refractivity contribution < 1.29 is 10.2 Å². The van der Waals surface area contributed by atoms with Crippen LogP contribution in [0.4, 0.5) is 0 Å². The van der Waals surface area contributed by atoms with Gasteiger partial charge in [0.15, 0.2) is 0 Å². The predicted octanol–water partition coefficient (Wildman–Crippen LogP) is 1.85. The average Bonchev–Trinajstić information content (AvgIpc) is 2.17. The molecular weight excluding hydrogens is 281 g/mol. The fraction of sp³-hybridized carbons (Fsp3) is 0.400. The summed E-state index contributed by atoms with van der Waals surface area (Å²) in [5.74, 6) is 0. The Balaban J connectivity index is 2.86. The molecule has 0 aliphatic rings. The van der Waals surface area contributed by atoms with Crippen LogP contribution in [0.5, 0.6) is 0 Å². The molecule has 0 heterocycles. The van der Waals surface area contributed by atoms with Crippen LogP contribution in [-0.4, -0.2) is 22.9 Å². The first-order chi connectivity index (χ1) is 7.06. The number of nitrogens with two attached hydrogens (primary N) is 1. The molecule has 0 radical (unpaired) electrons. The topological polar surface area (TPSA) is 66.5 Å². The molecule has 3 nitrogen and oxygen atoms in total. The zero-order chi connectivity index (χ0) is 11.4. The van der Waals surface area contributed by atoms with E-state index in [4.69, 9.17) is 17.3 Å². The highest BCUT2D eigenvalue weighted by atomic mass is 79.9. The molecule has 4 N–H and O–H groups in total. The average molecular weight is 295 g/mol. The van der Waals surface area contributed by atoms with Gasteiger partial charge >= 0.3 is 0 Å². The number of halogens is 2. The number of aliphatic hydroxyl groups excluding tert-OH is 2. The van der Waals surface area contributed by atoms with Crippen LogP contribution in [0, 0.1) is 0 Å². The van der Waals surface area contributed by atoms with Crippen molar-refractivity contribution in [2.24, 2.45) is 5.73 Å². The van der Waals surface area contributed by atoms with Crippen LogP contribution in [-0.2, 0) is 0 Å². The van der Waals surface area contributed by atoms with E-state index >= 15 is 0 Å². The third kappa shape index (κ3) is 3.43. The summed E-state index contributed by atoms with van der Waals surface area (Å²) in [7, 11) is 0. The van der Waals surface area contributed by atoms with E-state index in [0.717, 1.165) is 0 Å². The van der Waals surface area contributed by atoms with Crippen LogP contribution in [0.1, 0.15) is 18.1 Å². The highest BCUT2D eigenvalue weighted by Crippen LogP contribution is 2.29. The molecule has 0 saturated carbocycles. The minimum Gasteiger partial charge on any atom is -0.390 e. The van der Waals surface area contributed by atoms with E-state index in [1.807, 2.05) is 0 Å². The summed E-state index contributed by atoms with van der Waals surface area (Å²) in [4.78, 5) is 0. The molecule has 1 aromatic carbocycles. The highest BCUT2D eigenvalue weighted by Gasteiger charge is 2.19. The lowest BCUT2D eigenvalue weighted by Gasteiger charge is -2.18. The van der Waals surface area contributed by atoms with Crippen molar-refractivity contribution in [1.82, 2.24) is 0 Å². The first-order valence-electron chi connectivity index (χ1n) is 4.57. The minimum atomic E-state index is -0.944. The second kappa shape index (κ2) is 5.82. The molecule has 0 saturated heterocycles. The molecule has 84 valence electrons. The second-order valence-electron chi connectivity index (χ2n) is 3.26. The summed E-state index contributed by atoms with van der Waals surface area (Å²) in [5.41, 5.74) is 5.91. The number of benzene rings is 1. The summed E-state index contributed by atoms with van der Waals surface area (Å²) in [6, 6.07) is 5.02. The third-order valence-corrected chi connectivity index (χ3v) is 3.03. The first kappa shape index (κ1) is 12.9. The van der Waals surface area contributed by atoms with Crippen LogP contribution in [0.15, 0.2) is 22.7 Å². The Bertz CT molecular complexity index is 335. The van der Waals surface area contributed by atoms with E-state index < -0.39 is 12.2 Å². The van der Waals surface area contributed by atoms with E-state index in [2.05, 4.69) is 15.9 Å². The molecule has 0 amide bonds. The van der Waals surface area contributed by atoms with Gasteiger partial charge in [-0.1, -0.05) is 33.6 Å². The van der Waals surface area contributed by atoms with Crippen LogP contribution in [0.3, 0.4) is 0 Å². The van der Waals surface area contributed by atoms with E-state index in [0.29, 0.717) is 28.0 Å². The van der Waals surface area contributed by atoms with Gasteiger partial charge in [-0.25, -0.2) is 0 Å². The maximum absolute atomic E-state index is 9.81. The molecule has 1 rings (SSSR count). The molecule has 2 atom stereocenters. The van der Waals surface area contributed by atoms with Gasteiger partial charge in [0.2, 0.25) is 0 Å². The molecule has 0 fully saturated rings. The minimum absolute atomic E-state index is 0.337. The van der Waals surface area contributed by atoms with Crippen molar-refractivity contribution in [1.29, 1.82) is 0 Å². The largest absolute Gasteiger partial charge is 0.390 e. The molecule has 15 heavy (non-hydrogen) atoms. The summed E-state index contributed by atoms with van der Waals surface area (Å²) in [6.07, 6.45) is -1.44. The van der Waals surface area contributed by atoms with E-state index in [-0.39, 0.29) is 0 Å². The third-order valence-electron chi connectivity index (χ3n) is 2.11. The van der Waals surface area contributed by atoms with Gasteiger partial charge in [0.05, 0.1) is 6.10 Å². The zero-order valence-corrected chi connectivity index (χ0v) is 10.4. The van der Waals surface area contributed by atoms with Crippen LogP contribution in [0.2, 0.25) is 5.02 Å². The lowest BCUT2D eigenvalue weighted by molar-refractivity contribution is 0.0146. The van der Waals surface area contributed by atoms with Crippen molar-refractivity contribution in [2.75, 3.05) is 6.54 Å². The first-order valence-corrected chi connectivity index (χ1v) is 5.74. The number of hydrogen-bond acceptors (Lipinski definition) is 3. The Morgan fingerprint density at radius 1 is 1.40 bits per heavy atom. The monoisotopic (exact) mass is 293 g/mol. The zero-order valence-electron chi connectivity index (χ0n) is 8.03. The highest BCUT2D eigenvalue weighted by molar-refractivity contribution is 9.10. The molecule has 2 unspecified atom stereocenters. The summed E-state index contributed by atoms with van der Waals surface area (Å²) < 4.78 is 0.679. The fourth-order valence-corrected chi connectivity index (χ4v) is 2.19. The molecule has 0 aliphatic heterocycles. The Hall–Kier alpha value is -0.130. The predicted molar refractivity (Wildman–Crippen MR) is 63.8 cm³/mol.